The zero-order valence-electron chi connectivity index (χ0n) is 14.6. The van der Waals surface area contributed by atoms with Gasteiger partial charge >= 0.3 is 0 Å². The van der Waals surface area contributed by atoms with Gasteiger partial charge in [-0.1, -0.05) is 30.3 Å². The van der Waals surface area contributed by atoms with E-state index >= 15 is 0 Å². The second-order valence-corrected chi connectivity index (χ2v) is 8.19. The largest absolute Gasteiger partial charge is 0.370 e. The van der Waals surface area contributed by atoms with Crippen LogP contribution >= 0.6 is 0 Å². The number of imidazole rings is 1. The van der Waals surface area contributed by atoms with Gasteiger partial charge in [-0.15, -0.1) is 0 Å². The Balaban J connectivity index is 2.02. The third-order valence-corrected chi connectivity index (χ3v) is 5.12. The second-order valence-electron chi connectivity index (χ2n) is 6.18. The predicted octanol–water partition coefficient (Wildman–Crippen LogP) is 1.37. The van der Waals surface area contributed by atoms with Crippen LogP contribution in [0, 0.1) is 5.41 Å². The molecule has 0 saturated heterocycles. The summed E-state index contributed by atoms with van der Waals surface area (Å²) in [5, 5.41) is 9.39. The zero-order chi connectivity index (χ0) is 19.6. The Morgan fingerprint density at radius 1 is 1.22 bits per heavy atom. The van der Waals surface area contributed by atoms with Crippen LogP contribution in [0.25, 0.3) is 11.0 Å². The lowest BCUT2D eigenvalue weighted by molar-refractivity contribution is 0.0977. The van der Waals surface area contributed by atoms with E-state index in [4.69, 9.17) is 11.1 Å². The molecule has 0 aliphatic carbocycles. The van der Waals surface area contributed by atoms with Gasteiger partial charge in [-0.2, -0.15) is 0 Å². The van der Waals surface area contributed by atoms with E-state index in [0.717, 1.165) is 18.2 Å². The molecule has 8 nitrogen and oxygen atoms in total. The van der Waals surface area contributed by atoms with Crippen LogP contribution in [0.1, 0.15) is 21.7 Å². The van der Waals surface area contributed by atoms with Crippen LogP contribution in [0.15, 0.2) is 47.4 Å². The Morgan fingerprint density at radius 2 is 1.93 bits per heavy atom. The number of aromatic nitrogens is 2. The average Bonchev–Trinajstić information content (AvgIpc) is 3.01. The normalized spacial score (nSPS) is 11.4. The van der Waals surface area contributed by atoms with Crippen LogP contribution in [0.5, 0.6) is 0 Å². The lowest BCUT2D eigenvalue weighted by Gasteiger charge is -2.06. The lowest BCUT2D eigenvalue weighted by Crippen LogP contribution is -2.35. The fourth-order valence-electron chi connectivity index (χ4n) is 2.74. The van der Waals surface area contributed by atoms with Crippen LogP contribution in [0.4, 0.5) is 0 Å². The molecule has 3 aromatic rings. The third kappa shape index (κ3) is 4.32. The summed E-state index contributed by atoms with van der Waals surface area (Å²) >= 11 is 0. The van der Waals surface area contributed by atoms with Gasteiger partial charge in [0, 0.05) is 12.7 Å². The minimum absolute atomic E-state index is 0.0121. The van der Waals surface area contributed by atoms with E-state index in [2.05, 4.69) is 15.3 Å². The first-order chi connectivity index (χ1) is 12.7. The van der Waals surface area contributed by atoms with Gasteiger partial charge in [-0.25, -0.2) is 13.4 Å². The Kier molecular flexibility index (Phi) is 4.95. The number of aryl methyl sites for hydroxylation is 2. The van der Waals surface area contributed by atoms with E-state index in [1.807, 2.05) is 30.3 Å². The molecule has 140 valence electrons. The molecule has 0 aliphatic rings. The maximum absolute atomic E-state index is 12.4. The molecule has 0 aliphatic heterocycles. The number of aromatic amines is 1. The molecule has 9 heteroatoms. The van der Waals surface area contributed by atoms with Crippen molar-refractivity contribution in [2.24, 2.45) is 5.73 Å². The van der Waals surface area contributed by atoms with E-state index in [-0.39, 0.29) is 10.5 Å². The molecule has 0 fully saturated rings. The third-order valence-electron chi connectivity index (χ3n) is 4.02. The zero-order valence-corrected chi connectivity index (χ0v) is 15.4. The van der Waals surface area contributed by atoms with Crippen molar-refractivity contribution in [1.29, 1.82) is 5.41 Å². The number of sulfone groups is 1. The molecular weight excluding hydrogens is 366 g/mol. The number of amides is 1. The summed E-state index contributed by atoms with van der Waals surface area (Å²) in [5.41, 5.74) is 7.19. The molecule has 1 amide bonds. The van der Waals surface area contributed by atoms with Crippen molar-refractivity contribution in [2.45, 2.75) is 17.7 Å². The Morgan fingerprint density at radius 3 is 2.56 bits per heavy atom. The van der Waals surface area contributed by atoms with E-state index in [0.29, 0.717) is 23.3 Å². The van der Waals surface area contributed by atoms with Crippen LogP contribution in [0.2, 0.25) is 0 Å². The first kappa shape index (κ1) is 18.6. The van der Waals surface area contributed by atoms with Crippen molar-refractivity contribution in [2.75, 3.05) is 6.26 Å². The van der Waals surface area contributed by atoms with Crippen molar-refractivity contribution in [1.82, 2.24) is 15.3 Å². The topological polar surface area (TPSA) is 142 Å². The Labute approximate surface area is 156 Å². The number of rotatable bonds is 5. The van der Waals surface area contributed by atoms with Crippen molar-refractivity contribution in [3.63, 3.8) is 0 Å². The van der Waals surface area contributed by atoms with Crippen LogP contribution < -0.4 is 11.1 Å². The van der Waals surface area contributed by atoms with Crippen LogP contribution in [-0.4, -0.2) is 36.5 Å². The Hall–Kier alpha value is -3.20. The number of benzene rings is 2. The van der Waals surface area contributed by atoms with E-state index < -0.39 is 21.7 Å². The van der Waals surface area contributed by atoms with Gasteiger partial charge in [0.15, 0.2) is 15.8 Å². The number of carbonyl (C=O) groups excluding carboxylic acids is 1. The van der Waals surface area contributed by atoms with Crippen molar-refractivity contribution < 1.29 is 13.2 Å². The molecule has 1 aromatic heterocycles. The van der Waals surface area contributed by atoms with Crippen molar-refractivity contribution >= 4 is 32.7 Å². The molecule has 0 spiro atoms. The number of H-pyrrole nitrogens is 1. The molecule has 27 heavy (non-hydrogen) atoms. The highest BCUT2D eigenvalue weighted by atomic mass is 32.2. The van der Waals surface area contributed by atoms with E-state index in [9.17, 15) is 13.2 Å². The maximum atomic E-state index is 12.4. The number of guanidine groups is 1. The molecule has 0 unspecified atom stereocenters. The lowest BCUT2D eigenvalue weighted by atomic mass is 10.1. The summed E-state index contributed by atoms with van der Waals surface area (Å²) in [6.45, 7) is 0. The first-order valence-electron chi connectivity index (χ1n) is 8.16. The van der Waals surface area contributed by atoms with Gasteiger partial charge in [0.05, 0.1) is 16.0 Å². The molecule has 0 saturated carbocycles. The monoisotopic (exact) mass is 385 g/mol. The van der Waals surface area contributed by atoms with Crippen LogP contribution in [0.3, 0.4) is 0 Å². The highest BCUT2D eigenvalue weighted by Crippen LogP contribution is 2.23. The van der Waals surface area contributed by atoms with E-state index in [1.54, 1.807) is 0 Å². The summed E-state index contributed by atoms with van der Waals surface area (Å²) in [6.07, 6.45) is 2.41. The number of carbonyl (C=O) groups is 1. The summed E-state index contributed by atoms with van der Waals surface area (Å²) in [5.74, 6) is -0.576. The number of nitrogens with zero attached hydrogens (tertiary/aromatic N) is 1. The van der Waals surface area contributed by atoms with Gasteiger partial charge in [-0.3, -0.25) is 15.5 Å². The number of nitrogens with two attached hydrogens (primary N) is 1. The van der Waals surface area contributed by atoms with Crippen LogP contribution in [-0.2, 0) is 22.7 Å². The number of hydrogen-bond donors (Lipinski definition) is 4. The fourth-order valence-corrected chi connectivity index (χ4v) is 3.41. The fraction of sp³-hybridized carbons (Fsp3) is 0.167. The molecule has 0 atom stereocenters. The summed E-state index contributed by atoms with van der Waals surface area (Å²) in [4.78, 5) is 19.9. The van der Waals surface area contributed by atoms with Gasteiger partial charge in [-0.05, 0) is 24.1 Å². The standard InChI is InChI=1S/C18H19N5O3S/c1-27(25,26)12-9-13(17(24)23-18(19)20)16-14(10-12)21-15(22-16)8-7-11-5-3-2-4-6-11/h2-6,9-10H,7-8H2,1H3,(H,21,22)(H4,19,20,23,24). The summed E-state index contributed by atoms with van der Waals surface area (Å²) in [6, 6.07) is 12.6. The van der Waals surface area contributed by atoms with Gasteiger partial charge < -0.3 is 10.7 Å². The number of nitrogens with one attached hydrogen (secondary N) is 3. The van der Waals surface area contributed by atoms with E-state index in [1.165, 1.54) is 12.1 Å². The molecule has 1 heterocycles. The maximum Gasteiger partial charge on any atom is 0.260 e. The van der Waals surface area contributed by atoms with Crippen molar-refractivity contribution in [3.05, 3.63) is 59.4 Å². The summed E-state index contributed by atoms with van der Waals surface area (Å²) in [7, 11) is -3.54. The molecule has 3 rings (SSSR count). The smallest absolute Gasteiger partial charge is 0.260 e. The molecule has 0 radical (unpaired) electrons. The van der Waals surface area contributed by atoms with Gasteiger partial charge in [0.1, 0.15) is 11.3 Å². The van der Waals surface area contributed by atoms with Crippen molar-refractivity contribution in [3.8, 4) is 0 Å². The minimum atomic E-state index is -3.54. The molecule has 5 N–H and O–H groups in total. The highest BCUT2D eigenvalue weighted by Gasteiger charge is 2.19. The molecular formula is C18H19N5O3S. The minimum Gasteiger partial charge on any atom is -0.370 e. The summed E-state index contributed by atoms with van der Waals surface area (Å²) < 4.78 is 23.9. The molecule has 0 bridgehead atoms. The number of fused-ring (bicyclic) bond motifs is 1. The predicted molar refractivity (Wildman–Crippen MR) is 102 cm³/mol. The SMILES string of the molecule is CS(=O)(=O)c1cc(C(=O)NC(=N)N)c2nc(CCc3ccccc3)[nH]c2c1. The van der Waals surface area contributed by atoms with Gasteiger partial charge in [0.2, 0.25) is 0 Å². The quantitative estimate of drug-likeness (QED) is 0.388. The average molecular weight is 385 g/mol. The number of hydrogen-bond acceptors (Lipinski definition) is 5. The first-order valence-corrected chi connectivity index (χ1v) is 10.0. The Bertz CT molecular complexity index is 1120. The second kappa shape index (κ2) is 7.20. The molecule has 2 aromatic carbocycles. The van der Waals surface area contributed by atoms with Gasteiger partial charge in [0.25, 0.3) is 5.91 Å². The highest BCUT2D eigenvalue weighted by molar-refractivity contribution is 7.90.